The van der Waals surface area contributed by atoms with Crippen LogP contribution in [-0.2, 0) is 23.9 Å². The Labute approximate surface area is 266 Å². The van der Waals surface area contributed by atoms with Crippen molar-refractivity contribution < 1.29 is 29.0 Å². The number of ether oxygens (including phenoxy) is 1. The molecule has 4 amide bonds. The number of imide groups is 2. The summed E-state index contributed by atoms with van der Waals surface area (Å²) in [6.45, 7) is 2.80. The Morgan fingerprint density at radius 1 is 0.907 bits per heavy atom. The molecular weight excluding hydrogens is 661 g/mol. The van der Waals surface area contributed by atoms with Crippen LogP contribution < -0.4 is 9.80 Å². The van der Waals surface area contributed by atoms with Gasteiger partial charge < -0.3 is 14.7 Å². The SMILES string of the molecule is O=C1[C@H]2[C@H](CC=C3[C@H]2C[C@@]2(Cl)C(=O)N(CBr)C(=O)[C@@]2(Cl)[C@H]3c2ccccc2O)C(=O)N1c1ccc(N2CCOCC2)cc1. The number of para-hydroxylation sites is 1. The molecule has 9 nitrogen and oxygen atoms in total. The van der Waals surface area contributed by atoms with Gasteiger partial charge in [0.05, 0.1) is 36.2 Å². The molecule has 0 unspecified atom stereocenters. The zero-order valence-corrected chi connectivity index (χ0v) is 26.0. The summed E-state index contributed by atoms with van der Waals surface area (Å²) in [4.78, 5) is 56.1. The number of halogens is 3. The lowest BCUT2D eigenvalue weighted by Gasteiger charge is -2.50. The largest absolute Gasteiger partial charge is 0.508 e. The monoisotopic (exact) mass is 687 g/mol. The van der Waals surface area contributed by atoms with Crippen molar-refractivity contribution in [2.24, 2.45) is 17.8 Å². The van der Waals surface area contributed by atoms with Gasteiger partial charge in [0, 0.05) is 30.3 Å². The fourth-order valence-corrected chi connectivity index (χ4v) is 9.14. The van der Waals surface area contributed by atoms with Crippen LogP contribution in [0.2, 0.25) is 0 Å². The van der Waals surface area contributed by atoms with Crippen molar-refractivity contribution in [1.82, 2.24) is 4.90 Å². The molecule has 0 aromatic heterocycles. The molecule has 43 heavy (non-hydrogen) atoms. The van der Waals surface area contributed by atoms with Crippen LogP contribution in [0.5, 0.6) is 5.75 Å². The lowest BCUT2D eigenvalue weighted by molar-refractivity contribution is -0.138. The highest BCUT2D eigenvalue weighted by Crippen LogP contribution is 2.66. The Hall–Kier alpha value is -2.92. The number of carbonyl (C=O) groups excluding carboxylic acids is 4. The number of hydrogen-bond donors (Lipinski definition) is 1. The van der Waals surface area contributed by atoms with Gasteiger partial charge in [-0.2, -0.15) is 0 Å². The van der Waals surface area contributed by atoms with Gasteiger partial charge in [0.2, 0.25) is 11.8 Å². The standard InChI is InChI=1S/C31H28BrCl2N3O6/c32-16-36-28(41)30(33)15-22-19(25(31(30,34)29(36)42)20-3-1-2-4-23(20)38)9-10-21-24(22)27(40)37(26(21)39)18-7-5-17(6-8-18)35-11-13-43-14-12-35/h1-9,21-22,24-25,38H,10-16H2/t21-,22+,24-,25+,30+,31-/m0/s1. The molecule has 4 fully saturated rings. The zero-order valence-electron chi connectivity index (χ0n) is 22.9. The molecular formula is C31H28BrCl2N3O6. The second kappa shape index (κ2) is 10.3. The average molecular weight is 689 g/mol. The molecule has 1 N–H and O–H groups in total. The third-order valence-corrected chi connectivity index (χ3v) is 11.7. The Kier molecular flexibility index (Phi) is 6.92. The van der Waals surface area contributed by atoms with Gasteiger partial charge >= 0.3 is 0 Å². The summed E-state index contributed by atoms with van der Waals surface area (Å²) in [6, 6.07) is 13.8. The zero-order chi connectivity index (χ0) is 30.3. The van der Waals surface area contributed by atoms with Crippen LogP contribution in [0.15, 0.2) is 60.2 Å². The number of carbonyl (C=O) groups is 4. The molecule has 12 heteroatoms. The highest BCUT2D eigenvalue weighted by atomic mass is 79.9. The molecule has 0 radical (unpaired) electrons. The van der Waals surface area contributed by atoms with E-state index in [1.807, 2.05) is 18.2 Å². The lowest BCUT2D eigenvalue weighted by Crippen LogP contribution is -2.60. The van der Waals surface area contributed by atoms with Crippen molar-refractivity contribution in [2.45, 2.75) is 28.5 Å². The number of benzene rings is 2. The van der Waals surface area contributed by atoms with E-state index in [0.717, 1.165) is 23.7 Å². The minimum atomic E-state index is -1.95. The minimum absolute atomic E-state index is 0.105. The number of alkyl halides is 3. The molecule has 1 saturated carbocycles. The maximum atomic E-state index is 14.2. The molecule has 0 spiro atoms. The van der Waals surface area contributed by atoms with Gasteiger partial charge in [-0.3, -0.25) is 29.0 Å². The minimum Gasteiger partial charge on any atom is -0.508 e. The molecule has 3 aliphatic heterocycles. The van der Waals surface area contributed by atoms with Crippen molar-refractivity contribution in [2.75, 3.05) is 41.6 Å². The Morgan fingerprint density at radius 3 is 2.26 bits per heavy atom. The molecule has 2 aromatic rings. The molecule has 2 aromatic carbocycles. The Morgan fingerprint density at radius 2 is 1.58 bits per heavy atom. The van der Waals surface area contributed by atoms with E-state index in [1.165, 1.54) is 11.0 Å². The fraction of sp³-hybridized carbons (Fsp3) is 0.419. The van der Waals surface area contributed by atoms with Crippen LogP contribution in [0, 0.1) is 17.8 Å². The molecule has 7 rings (SSSR count). The Bertz CT molecular complexity index is 1580. The van der Waals surface area contributed by atoms with Gasteiger partial charge in [0.1, 0.15) is 5.75 Å². The molecule has 2 aliphatic carbocycles. The van der Waals surface area contributed by atoms with Crippen molar-refractivity contribution in [1.29, 1.82) is 0 Å². The normalized spacial score (nSPS) is 33.8. The first-order valence-corrected chi connectivity index (χ1v) is 16.1. The van der Waals surface area contributed by atoms with Crippen molar-refractivity contribution >= 4 is 74.1 Å². The number of rotatable bonds is 4. The molecule has 5 aliphatic rings. The summed E-state index contributed by atoms with van der Waals surface area (Å²) in [5.41, 5.74) is 2.32. The number of anilines is 2. The third-order valence-electron chi connectivity index (χ3n) is 9.75. The number of morpholine rings is 1. The molecule has 3 heterocycles. The van der Waals surface area contributed by atoms with Crippen molar-refractivity contribution in [3.63, 3.8) is 0 Å². The van der Waals surface area contributed by atoms with E-state index in [4.69, 9.17) is 27.9 Å². The van der Waals surface area contributed by atoms with E-state index in [-0.39, 0.29) is 35.9 Å². The maximum absolute atomic E-state index is 14.2. The second-order valence-corrected chi connectivity index (χ2v) is 13.4. The first-order valence-electron chi connectivity index (χ1n) is 14.2. The van der Waals surface area contributed by atoms with E-state index in [9.17, 15) is 24.3 Å². The van der Waals surface area contributed by atoms with Crippen LogP contribution in [0.4, 0.5) is 11.4 Å². The number of hydrogen-bond acceptors (Lipinski definition) is 7. The van der Waals surface area contributed by atoms with Gasteiger partial charge in [-0.05, 0) is 49.1 Å². The number of aromatic hydroxyl groups is 1. The highest BCUT2D eigenvalue weighted by Gasteiger charge is 2.76. The number of nitrogens with zero attached hydrogens (tertiary/aromatic N) is 3. The van der Waals surface area contributed by atoms with Crippen molar-refractivity contribution in [3.8, 4) is 5.75 Å². The summed E-state index contributed by atoms with van der Waals surface area (Å²) in [5, 5.41) is 10.9. The van der Waals surface area contributed by atoms with Crippen LogP contribution >= 0.6 is 39.1 Å². The summed E-state index contributed by atoms with van der Waals surface area (Å²) >= 11 is 17.6. The molecule has 0 bridgehead atoms. The lowest BCUT2D eigenvalue weighted by atomic mass is 9.56. The van der Waals surface area contributed by atoms with E-state index < -0.39 is 45.2 Å². The molecule has 6 atom stereocenters. The fourth-order valence-electron chi connectivity index (χ4n) is 7.72. The third kappa shape index (κ3) is 3.92. The van der Waals surface area contributed by atoms with E-state index >= 15 is 0 Å². The van der Waals surface area contributed by atoms with Crippen molar-refractivity contribution in [3.05, 3.63) is 65.7 Å². The van der Waals surface area contributed by atoms with Gasteiger partial charge in [-0.15, -0.1) is 23.2 Å². The predicted molar refractivity (Wildman–Crippen MR) is 163 cm³/mol. The highest BCUT2D eigenvalue weighted by molar-refractivity contribution is 9.09. The van der Waals surface area contributed by atoms with Gasteiger partial charge in [0.15, 0.2) is 9.75 Å². The summed E-state index contributed by atoms with van der Waals surface area (Å²) in [5.74, 6) is -5.26. The first kappa shape index (κ1) is 28.8. The predicted octanol–water partition coefficient (Wildman–Crippen LogP) is 4.14. The summed E-state index contributed by atoms with van der Waals surface area (Å²) in [6.07, 6.45) is 2.00. The maximum Gasteiger partial charge on any atom is 0.254 e. The smallest absolute Gasteiger partial charge is 0.254 e. The topological polar surface area (TPSA) is 107 Å². The Balaban J connectivity index is 1.29. The van der Waals surface area contributed by atoms with Gasteiger partial charge in [0.25, 0.3) is 11.8 Å². The molecule has 3 saturated heterocycles. The molecule has 224 valence electrons. The summed E-state index contributed by atoms with van der Waals surface area (Å²) in [7, 11) is 0. The second-order valence-electron chi connectivity index (χ2n) is 11.7. The van der Waals surface area contributed by atoms with Crippen LogP contribution in [0.25, 0.3) is 0 Å². The van der Waals surface area contributed by atoms with Crippen LogP contribution in [0.3, 0.4) is 0 Å². The van der Waals surface area contributed by atoms with Crippen LogP contribution in [-0.4, -0.2) is 75.1 Å². The van der Waals surface area contributed by atoms with E-state index in [1.54, 1.807) is 30.3 Å². The number of amides is 4. The van der Waals surface area contributed by atoms with Crippen LogP contribution in [0.1, 0.15) is 24.3 Å². The van der Waals surface area contributed by atoms with Gasteiger partial charge in [-0.25, -0.2) is 0 Å². The van der Waals surface area contributed by atoms with E-state index in [2.05, 4.69) is 20.8 Å². The van der Waals surface area contributed by atoms with Gasteiger partial charge in [-0.1, -0.05) is 45.8 Å². The number of phenolic OH excluding ortho intramolecular Hbond substituents is 1. The quantitative estimate of drug-likeness (QED) is 0.223. The number of phenols is 1. The number of fused-ring (bicyclic) bond motifs is 4. The van der Waals surface area contributed by atoms with E-state index in [0.29, 0.717) is 30.0 Å². The average Bonchev–Trinajstić information content (AvgIpc) is 3.36. The number of allylic oxidation sites excluding steroid dienone is 2. The summed E-state index contributed by atoms with van der Waals surface area (Å²) < 4.78 is 5.44. The number of likely N-dealkylation sites (tertiary alicyclic amines) is 1. The first-order chi connectivity index (χ1) is 20.6.